The molecular formula is C23H25NO5S. The van der Waals surface area contributed by atoms with Gasteiger partial charge in [-0.25, -0.2) is 4.79 Å². The second-order valence-corrected chi connectivity index (χ2v) is 8.66. The van der Waals surface area contributed by atoms with Gasteiger partial charge in [-0.15, -0.1) is 11.3 Å². The molecule has 4 rings (SSSR count). The van der Waals surface area contributed by atoms with Crippen LogP contribution in [0.4, 0.5) is 0 Å². The lowest BCUT2D eigenvalue weighted by atomic mass is 9.91. The number of ether oxygens (including phenoxy) is 2. The summed E-state index contributed by atoms with van der Waals surface area (Å²) in [5, 5.41) is 0. The fraction of sp³-hybridized carbons (Fsp3) is 0.435. The molecule has 2 aliphatic rings. The fourth-order valence-corrected chi connectivity index (χ4v) is 5.25. The first-order valence-corrected chi connectivity index (χ1v) is 11.2. The predicted molar refractivity (Wildman–Crippen MR) is 113 cm³/mol. The minimum Gasteiger partial charge on any atom is -0.466 e. The normalized spacial score (nSPS) is 15.8. The van der Waals surface area contributed by atoms with Crippen LogP contribution in [0.15, 0.2) is 30.3 Å². The van der Waals surface area contributed by atoms with Crippen molar-refractivity contribution in [2.24, 2.45) is 5.92 Å². The molecule has 0 atom stereocenters. The zero-order valence-electron chi connectivity index (χ0n) is 17.0. The van der Waals surface area contributed by atoms with Crippen molar-refractivity contribution in [3.05, 3.63) is 46.3 Å². The van der Waals surface area contributed by atoms with Crippen LogP contribution < -0.4 is 0 Å². The minimum absolute atomic E-state index is 0.156. The first-order chi connectivity index (χ1) is 14.6. The molecule has 2 heterocycles. The fourth-order valence-electron chi connectivity index (χ4n) is 4.09. The van der Waals surface area contributed by atoms with E-state index in [0.717, 1.165) is 23.3 Å². The second kappa shape index (κ2) is 9.00. The molecule has 0 N–H and O–H groups in total. The lowest BCUT2D eigenvalue weighted by Gasteiger charge is -2.30. The number of thiophene rings is 1. The molecule has 0 saturated carbocycles. The molecule has 1 aliphatic heterocycles. The average Bonchev–Trinajstić information content (AvgIpc) is 3.22. The van der Waals surface area contributed by atoms with Crippen molar-refractivity contribution < 1.29 is 23.9 Å². The Morgan fingerprint density at radius 1 is 1.07 bits per heavy atom. The van der Waals surface area contributed by atoms with E-state index >= 15 is 0 Å². The Balaban J connectivity index is 1.31. The highest BCUT2D eigenvalue weighted by Crippen LogP contribution is 2.39. The summed E-state index contributed by atoms with van der Waals surface area (Å²) in [6.07, 6.45) is 3.03. The number of amides is 1. The first kappa shape index (κ1) is 20.6. The SMILES string of the molecule is CCOC(=O)C1CCN(C(=O)COC(=O)c2cc3c(s2)-c2ccccc2CC3)CC1. The van der Waals surface area contributed by atoms with Crippen LogP contribution in [0.1, 0.15) is 40.6 Å². The molecule has 1 fully saturated rings. The number of hydrogen-bond donors (Lipinski definition) is 0. The number of rotatable bonds is 5. The van der Waals surface area contributed by atoms with Crippen molar-refractivity contribution in [1.82, 2.24) is 4.90 Å². The van der Waals surface area contributed by atoms with E-state index in [1.54, 1.807) is 11.8 Å². The van der Waals surface area contributed by atoms with Gasteiger partial charge in [0.15, 0.2) is 6.61 Å². The summed E-state index contributed by atoms with van der Waals surface area (Å²) >= 11 is 1.43. The van der Waals surface area contributed by atoms with E-state index in [0.29, 0.717) is 37.4 Å². The number of fused-ring (bicyclic) bond motifs is 3. The maximum atomic E-state index is 12.5. The summed E-state index contributed by atoms with van der Waals surface area (Å²) in [7, 11) is 0. The van der Waals surface area contributed by atoms with Crippen molar-refractivity contribution in [2.75, 3.05) is 26.3 Å². The number of esters is 2. The number of carbonyl (C=O) groups is 3. The molecule has 0 unspecified atom stereocenters. The van der Waals surface area contributed by atoms with Crippen LogP contribution in [0.5, 0.6) is 0 Å². The van der Waals surface area contributed by atoms with Gasteiger partial charge in [0.25, 0.3) is 5.91 Å². The van der Waals surface area contributed by atoms with Crippen LogP contribution in [0, 0.1) is 5.92 Å². The number of hydrogen-bond acceptors (Lipinski definition) is 6. The van der Waals surface area contributed by atoms with Crippen LogP contribution in [0.3, 0.4) is 0 Å². The summed E-state index contributed by atoms with van der Waals surface area (Å²) in [4.78, 5) is 40.1. The predicted octanol–water partition coefficient (Wildman–Crippen LogP) is 3.47. The van der Waals surface area contributed by atoms with Crippen LogP contribution in [0.25, 0.3) is 10.4 Å². The molecule has 30 heavy (non-hydrogen) atoms. The van der Waals surface area contributed by atoms with E-state index in [9.17, 15) is 14.4 Å². The quantitative estimate of drug-likeness (QED) is 0.683. The van der Waals surface area contributed by atoms with Crippen molar-refractivity contribution in [2.45, 2.75) is 32.6 Å². The highest BCUT2D eigenvalue weighted by Gasteiger charge is 2.29. The Hall–Kier alpha value is -2.67. The average molecular weight is 428 g/mol. The van der Waals surface area contributed by atoms with Gasteiger partial charge in [0.2, 0.25) is 0 Å². The molecular weight excluding hydrogens is 402 g/mol. The Morgan fingerprint density at radius 3 is 2.57 bits per heavy atom. The first-order valence-electron chi connectivity index (χ1n) is 10.4. The van der Waals surface area contributed by atoms with Crippen LogP contribution in [0.2, 0.25) is 0 Å². The van der Waals surface area contributed by atoms with E-state index in [-0.39, 0.29) is 24.4 Å². The molecule has 1 aliphatic carbocycles. The molecule has 2 aromatic rings. The smallest absolute Gasteiger partial charge is 0.348 e. The third-order valence-corrected chi connectivity index (χ3v) is 6.92. The van der Waals surface area contributed by atoms with Gasteiger partial charge in [-0.1, -0.05) is 24.3 Å². The summed E-state index contributed by atoms with van der Waals surface area (Å²) in [6.45, 7) is 2.83. The van der Waals surface area contributed by atoms with E-state index in [2.05, 4.69) is 12.1 Å². The maximum absolute atomic E-state index is 12.5. The maximum Gasteiger partial charge on any atom is 0.348 e. The van der Waals surface area contributed by atoms with Gasteiger partial charge in [0.1, 0.15) is 4.88 Å². The number of likely N-dealkylation sites (tertiary alicyclic amines) is 1. The Labute approximate surface area is 179 Å². The van der Waals surface area contributed by atoms with Crippen molar-refractivity contribution in [3.63, 3.8) is 0 Å². The van der Waals surface area contributed by atoms with Gasteiger partial charge in [0, 0.05) is 18.0 Å². The Bertz CT molecular complexity index is 958. The van der Waals surface area contributed by atoms with E-state index in [1.165, 1.54) is 22.5 Å². The minimum atomic E-state index is -0.457. The number of benzene rings is 1. The largest absolute Gasteiger partial charge is 0.466 e. The molecule has 7 heteroatoms. The van der Waals surface area contributed by atoms with Gasteiger partial charge in [-0.2, -0.15) is 0 Å². The van der Waals surface area contributed by atoms with Crippen molar-refractivity contribution >= 4 is 29.2 Å². The van der Waals surface area contributed by atoms with E-state index in [4.69, 9.17) is 9.47 Å². The monoisotopic (exact) mass is 427 g/mol. The topological polar surface area (TPSA) is 72.9 Å². The summed E-state index contributed by atoms with van der Waals surface area (Å²) < 4.78 is 10.4. The lowest BCUT2D eigenvalue weighted by Crippen LogP contribution is -2.42. The molecule has 1 aromatic heterocycles. The van der Waals surface area contributed by atoms with Gasteiger partial charge in [-0.05, 0) is 55.4 Å². The summed E-state index contributed by atoms with van der Waals surface area (Å²) in [6, 6.07) is 10.2. The zero-order chi connectivity index (χ0) is 21.1. The van der Waals surface area contributed by atoms with Crippen LogP contribution >= 0.6 is 11.3 Å². The molecule has 1 aromatic carbocycles. The van der Waals surface area contributed by atoms with Crippen molar-refractivity contribution in [3.8, 4) is 10.4 Å². The van der Waals surface area contributed by atoms with E-state index in [1.807, 2.05) is 18.2 Å². The molecule has 1 amide bonds. The third kappa shape index (κ3) is 4.26. The molecule has 0 radical (unpaired) electrons. The number of nitrogens with zero attached hydrogens (tertiary/aromatic N) is 1. The Morgan fingerprint density at radius 2 is 1.80 bits per heavy atom. The number of piperidine rings is 1. The molecule has 6 nitrogen and oxygen atoms in total. The zero-order valence-corrected chi connectivity index (χ0v) is 17.8. The van der Waals surface area contributed by atoms with E-state index < -0.39 is 5.97 Å². The van der Waals surface area contributed by atoms with Crippen molar-refractivity contribution in [1.29, 1.82) is 0 Å². The Kier molecular flexibility index (Phi) is 6.18. The molecule has 0 bridgehead atoms. The van der Waals surface area contributed by atoms with Gasteiger partial charge in [0.05, 0.1) is 12.5 Å². The summed E-state index contributed by atoms with van der Waals surface area (Å²) in [5.41, 5.74) is 3.65. The lowest BCUT2D eigenvalue weighted by molar-refractivity contribution is -0.151. The third-order valence-electron chi connectivity index (χ3n) is 5.73. The second-order valence-electron chi connectivity index (χ2n) is 7.61. The molecule has 0 spiro atoms. The highest BCUT2D eigenvalue weighted by atomic mass is 32.1. The standard InChI is InChI=1S/C23H25NO5S/c1-2-28-22(26)16-9-11-24(12-10-16)20(25)14-29-23(27)19-13-17-8-7-15-5-3-4-6-18(15)21(17)30-19/h3-6,13,16H,2,7-12,14H2,1H3. The number of carbonyl (C=O) groups excluding carboxylic acids is 3. The van der Waals surface area contributed by atoms with Crippen LogP contribution in [-0.4, -0.2) is 49.0 Å². The van der Waals surface area contributed by atoms with Crippen LogP contribution in [-0.2, 0) is 31.9 Å². The van der Waals surface area contributed by atoms with Gasteiger partial charge >= 0.3 is 11.9 Å². The molecule has 158 valence electrons. The number of aryl methyl sites for hydroxylation is 2. The van der Waals surface area contributed by atoms with Gasteiger partial charge < -0.3 is 14.4 Å². The van der Waals surface area contributed by atoms with Gasteiger partial charge in [-0.3, -0.25) is 9.59 Å². The molecule has 1 saturated heterocycles. The highest BCUT2D eigenvalue weighted by molar-refractivity contribution is 7.17. The summed E-state index contributed by atoms with van der Waals surface area (Å²) in [5.74, 6) is -1.03.